The molecule has 2 aromatic rings. The normalized spacial score (nSPS) is 23.3. The summed E-state index contributed by atoms with van der Waals surface area (Å²) < 4.78 is 7.65. The molecule has 0 aliphatic carbocycles. The van der Waals surface area contributed by atoms with Gasteiger partial charge in [-0.2, -0.15) is 0 Å². The maximum absolute atomic E-state index is 10.8. The summed E-state index contributed by atoms with van der Waals surface area (Å²) in [6.45, 7) is 7.14. The summed E-state index contributed by atoms with van der Waals surface area (Å²) in [7, 11) is 0. The molecule has 1 unspecified atom stereocenters. The highest BCUT2D eigenvalue weighted by Crippen LogP contribution is 2.31. The number of imidazole rings is 1. The zero-order valence-electron chi connectivity index (χ0n) is 14.0. The van der Waals surface area contributed by atoms with Gasteiger partial charge in [-0.25, -0.2) is 0 Å². The van der Waals surface area contributed by atoms with Crippen LogP contribution in [0.3, 0.4) is 0 Å². The molecule has 1 atom stereocenters. The molecule has 1 fully saturated rings. The fourth-order valence-corrected chi connectivity index (χ4v) is 3.54. The number of hydrogen-bond donors (Lipinski definition) is 0. The third kappa shape index (κ3) is 3.14. The quantitative estimate of drug-likeness (QED) is 0.607. The van der Waals surface area contributed by atoms with E-state index in [0.717, 1.165) is 38.4 Å². The highest BCUT2D eigenvalue weighted by atomic mass is 16.6. The molecule has 4 rings (SSSR count). The molecule has 9 nitrogen and oxygen atoms in total. The first-order valence-corrected chi connectivity index (χ1v) is 8.30. The SMILES string of the molecule is CC1(CN2CCN(c3cccnc3)CC2)Cn2cc([N+](=O)[O-])nc2O1. The van der Waals surface area contributed by atoms with Crippen LogP contribution in [0.5, 0.6) is 6.01 Å². The highest BCUT2D eigenvalue weighted by molar-refractivity contribution is 5.44. The summed E-state index contributed by atoms with van der Waals surface area (Å²) in [6.07, 6.45) is 5.12. The molecule has 2 aliphatic heterocycles. The lowest BCUT2D eigenvalue weighted by atomic mass is 10.1. The Hall–Kier alpha value is -2.68. The predicted octanol–water partition coefficient (Wildman–Crippen LogP) is 1.16. The Morgan fingerprint density at radius 3 is 2.80 bits per heavy atom. The van der Waals surface area contributed by atoms with Crippen LogP contribution in [0.4, 0.5) is 11.5 Å². The summed E-state index contributed by atoms with van der Waals surface area (Å²) >= 11 is 0. The molecule has 0 bridgehead atoms. The first-order chi connectivity index (χ1) is 12.0. The van der Waals surface area contributed by atoms with Crippen molar-refractivity contribution in [3.63, 3.8) is 0 Å². The van der Waals surface area contributed by atoms with Crippen LogP contribution in [0, 0.1) is 10.1 Å². The van der Waals surface area contributed by atoms with Gasteiger partial charge in [0.1, 0.15) is 11.8 Å². The number of anilines is 1. The zero-order valence-corrected chi connectivity index (χ0v) is 14.0. The van der Waals surface area contributed by atoms with Crippen LogP contribution < -0.4 is 9.64 Å². The van der Waals surface area contributed by atoms with E-state index in [1.54, 1.807) is 10.8 Å². The van der Waals surface area contributed by atoms with Gasteiger partial charge in [0, 0.05) is 43.9 Å². The van der Waals surface area contributed by atoms with Gasteiger partial charge in [0.15, 0.2) is 0 Å². The molecule has 0 saturated carbocycles. The molecule has 9 heteroatoms. The lowest BCUT2D eigenvalue weighted by Gasteiger charge is -2.38. The molecule has 0 radical (unpaired) electrons. The van der Waals surface area contributed by atoms with Crippen molar-refractivity contribution >= 4 is 11.5 Å². The fourth-order valence-electron chi connectivity index (χ4n) is 3.54. The molecule has 2 aromatic heterocycles. The number of rotatable bonds is 4. The van der Waals surface area contributed by atoms with Gasteiger partial charge in [-0.05, 0) is 24.0 Å². The minimum atomic E-state index is -0.496. The predicted molar refractivity (Wildman–Crippen MR) is 90.8 cm³/mol. The van der Waals surface area contributed by atoms with Crippen molar-refractivity contribution in [1.82, 2.24) is 19.4 Å². The number of ether oxygens (including phenoxy) is 1. The van der Waals surface area contributed by atoms with Gasteiger partial charge < -0.3 is 19.8 Å². The van der Waals surface area contributed by atoms with Crippen LogP contribution in [0.15, 0.2) is 30.7 Å². The second kappa shape index (κ2) is 5.99. The van der Waals surface area contributed by atoms with E-state index in [1.165, 1.54) is 6.20 Å². The summed E-state index contributed by atoms with van der Waals surface area (Å²) in [5.41, 5.74) is 0.742. The van der Waals surface area contributed by atoms with Crippen LogP contribution in [0.2, 0.25) is 0 Å². The average molecular weight is 344 g/mol. The number of hydrogen-bond acceptors (Lipinski definition) is 7. The lowest BCUT2D eigenvalue weighted by Crippen LogP contribution is -2.52. The Morgan fingerprint density at radius 2 is 2.16 bits per heavy atom. The third-order valence-corrected chi connectivity index (χ3v) is 4.70. The van der Waals surface area contributed by atoms with Gasteiger partial charge in [0.25, 0.3) is 0 Å². The standard InChI is InChI=1S/C16H20N6O3/c1-16(12-21-10-14(22(23)24)18-15(21)25-16)11-19-5-7-20(8-6-19)13-3-2-4-17-9-13/h2-4,9-10H,5-8,11-12H2,1H3. The number of nitro groups is 1. The van der Waals surface area contributed by atoms with Crippen molar-refractivity contribution in [1.29, 1.82) is 0 Å². The van der Waals surface area contributed by atoms with E-state index in [1.807, 2.05) is 19.2 Å². The van der Waals surface area contributed by atoms with Crippen LogP contribution in [0.25, 0.3) is 0 Å². The first-order valence-electron chi connectivity index (χ1n) is 8.30. The van der Waals surface area contributed by atoms with Crippen LogP contribution in [-0.2, 0) is 6.54 Å². The van der Waals surface area contributed by atoms with Gasteiger partial charge in [-0.3, -0.25) is 14.5 Å². The molecule has 25 heavy (non-hydrogen) atoms. The third-order valence-electron chi connectivity index (χ3n) is 4.70. The van der Waals surface area contributed by atoms with Gasteiger partial charge in [0.05, 0.1) is 18.4 Å². The Bertz CT molecular complexity index is 746. The second-order valence-corrected chi connectivity index (χ2v) is 6.79. The lowest BCUT2D eigenvalue weighted by molar-refractivity contribution is -0.389. The minimum Gasteiger partial charge on any atom is -0.436 e. The van der Waals surface area contributed by atoms with Gasteiger partial charge in [-0.1, -0.05) is 0 Å². The van der Waals surface area contributed by atoms with Crippen LogP contribution >= 0.6 is 0 Å². The van der Waals surface area contributed by atoms with E-state index in [9.17, 15) is 10.1 Å². The number of nitrogens with zero attached hydrogens (tertiary/aromatic N) is 6. The van der Waals surface area contributed by atoms with E-state index < -0.39 is 10.5 Å². The largest absolute Gasteiger partial charge is 0.436 e. The molecular formula is C16H20N6O3. The second-order valence-electron chi connectivity index (χ2n) is 6.79. The van der Waals surface area contributed by atoms with Crippen molar-refractivity contribution in [2.45, 2.75) is 19.1 Å². The van der Waals surface area contributed by atoms with E-state index in [2.05, 4.69) is 25.8 Å². The monoisotopic (exact) mass is 344 g/mol. The molecule has 0 N–H and O–H groups in total. The minimum absolute atomic E-state index is 0.165. The molecule has 0 amide bonds. The van der Waals surface area contributed by atoms with Crippen molar-refractivity contribution < 1.29 is 9.66 Å². The maximum atomic E-state index is 10.8. The summed E-state index contributed by atoms with van der Waals surface area (Å²) in [4.78, 5) is 23.1. The smallest absolute Gasteiger partial charge is 0.415 e. The van der Waals surface area contributed by atoms with Gasteiger partial charge in [0.2, 0.25) is 0 Å². The van der Waals surface area contributed by atoms with E-state index >= 15 is 0 Å². The van der Waals surface area contributed by atoms with E-state index in [4.69, 9.17) is 4.74 Å². The van der Waals surface area contributed by atoms with E-state index in [-0.39, 0.29) is 5.82 Å². The number of pyridine rings is 1. The molecule has 2 aliphatic rings. The Labute approximate surface area is 145 Å². The maximum Gasteiger partial charge on any atom is 0.415 e. The Morgan fingerprint density at radius 1 is 1.36 bits per heavy atom. The molecule has 0 aromatic carbocycles. The Balaban J connectivity index is 1.34. The van der Waals surface area contributed by atoms with Gasteiger partial charge >= 0.3 is 11.8 Å². The Kier molecular flexibility index (Phi) is 3.79. The topological polar surface area (TPSA) is 89.6 Å². The summed E-state index contributed by atoms with van der Waals surface area (Å²) in [5.74, 6) is -0.165. The first kappa shape index (κ1) is 15.8. The molecular weight excluding hydrogens is 324 g/mol. The zero-order chi connectivity index (χ0) is 17.4. The van der Waals surface area contributed by atoms with Crippen molar-refractivity contribution in [3.8, 4) is 6.01 Å². The fraction of sp³-hybridized carbons (Fsp3) is 0.500. The number of fused-ring (bicyclic) bond motifs is 1. The highest BCUT2D eigenvalue weighted by Gasteiger charge is 2.41. The molecule has 4 heterocycles. The summed E-state index contributed by atoms with van der Waals surface area (Å²) in [6, 6.07) is 4.37. The van der Waals surface area contributed by atoms with Crippen molar-refractivity contribution in [2.75, 3.05) is 37.6 Å². The number of piperazine rings is 1. The van der Waals surface area contributed by atoms with Crippen LogP contribution in [0.1, 0.15) is 6.92 Å². The molecule has 132 valence electrons. The molecule has 1 saturated heterocycles. The van der Waals surface area contributed by atoms with Crippen LogP contribution in [-0.4, -0.2) is 62.7 Å². The van der Waals surface area contributed by atoms with E-state index in [0.29, 0.717) is 12.6 Å². The number of aromatic nitrogens is 3. The average Bonchev–Trinajstić information content (AvgIpc) is 3.11. The van der Waals surface area contributed by atoms with Crippen molar-refractivity contribution in [3.05, 3.63) is 40.8 Å². The van der Waals surface area contributed by atoms with Crippen molar-refractivity contribution in [2.24, 2.45) is 0 Å². The van der Waals surface area contributed by atoms with Gasteiger partial charge in [-0.15, -0.1) is 0 Å². The molecule has 0 spiro atoms. The summed E-state index contributed by atoms with van der Waals surface area (Å²) in [5, 5.41) is 10.8.